The second kappa shape index (κ2) is 8.19. The zero-order valence-electron chi connectivity index (χ0n) is 14.8. The van der Waals surface area contributed by atoms with E-state index in [2.05, 4.69) is 4.72 Å². The predicted octanol–water partition coefficient (Wildman–Crippen LogP) is 4.55. The Labute approximate surface area is 169 Å². The third kappa shape index (κ3) is 4.46. The van der Waals surface area contributed by atoms with E-state index in [0.717, 1.165) is 6.42 Å². The van der Waals surface area contributed by atoms with Gasteiger partial charge in [0.25, 0.3) is 0 Å². The van der Waals surface area contributed by atoms with Crippen molar-refractivity contribution < 1.29 is 13.2 Å². The summed E-state index contributed by atoms with van der Waals surface area (Å²) in [6, 6.07) is 10.8. The number of benzene rings is 2. The molecule has 2 aromatic rings. The van der Waals surface area contributed by atoms with Crippen LogP contribution in [-0.2, 0) is 14.8 Å². The molecule has 3 rings (SSSR count). The highest BCUT2D eigenvalue weighted by Gasteiger charge is 2.24. The predicted molar refractivity (Wildman–Crippen MR) is 108 cm³/mol. The Kier molecular flexibility index (Phi) is 6.11. The Bertz CT molecular complexity index is 946. The van der Waals surface area contributed by atoms with Crippen molar-refractivity contribution in [2.24, 2.45) is 0 Å². The van der Waals surface area contributed by atoms with Gasteiger partial charge >= 0.3 is 0 Å². The maximum absolute atomic E-state index is 12.8. The van der Waals surface area contributed by atoms with Gasteiger partial charge in [0, 0.05) is 34.7 Å². The fourth-order valence-electron chi connectivity index (χ4n) is 3.13. The fourth-order valence-corrected chi connectivity index (χ4v) is 4.86. The summed E-state index contributed by atoms with van der Waals surface area (Å²) in [7, 11) is -3.76. The van der Waals surface area contributed by atoms with Crippen molar-refractivity contribution in [3.8, 4) is 0 Å². The number of hydrogen-bond donors (Lipinski definition) is 1. The van der Waals surface area contributed by atoms with Crippen molar-refractivity contribution in [1.82, 2.24) is 4.72 Å². The number of nitrogens with zero attached hydrogens (tertiary/aromatic N) is 1. The van der Waals surface area contributed by atoms with Crippen LogP contribution in [0.25, 0.3) is 0 Å². The van der Waals surface area contributed by atoms with Crippen LogP contribution in [0.4, 0.5) is 5.69 Å². The SMILES string of the molecule is CC[C@@H](NS(=O)(=O)c1ccc(N2CCCC2=O)cc1)c1cc(Cl)ccc1Cl. The lowest BCUT2D eigenvalue weighted by Crippen LogP contribution is -2.29. The van der Waals surface area contributed by atoms with Gasteiger partial charge in [0.15, 0.2) is 0 Å². The van der Waals surface area contributed by atoms with E-state index in [4.69, 9.17) is 23.2 Å². The molecule has 2 aromatic carbocycles. The second-order valence-corrected chi connectivity index (χ2v) is 8.95. The van der Waals surface area contributed by atoms with Crippen molar-refractivity contribution in [1.29, 1.82) is 0 Å². The Hall–Kier alpha value is -1.60. The van der Waals surface area contributed by atoms with Gasteiger partial charge in [0.2, 0.25) is 15.9 Å². The van der Waals surface area contributed by atoms with Crippen LogP contribution in [-0.4, -0.2) is 20.9 Å². The highest BCUT2D eigenvalue weighted by molar-refractivity contribution is 7.89. The molecule has 0 aliphatic carbocycles. The van der Waals surface area contributed by atoms with E-state index < -0.39 is 16.1 Å². The Balaban J connectivity index is 1.83. The van der Waals surface area contributed by atoms with E-state index in [1.54, 1.807) is 35.2 Å². The number of carbonyl (C=O) groups is 1. The Morgan fingerprint density at radius 2 is 1.85 bits per heavy atom. The topological polar surface area (TPSA) is 66.5 Å². The van der Waals surface area contributed by atoms with Crippen LogP contribution in [0.5, 0.6) is 0 Å². The van der Waals surface area contributed by atoms with Crippen molar-refractivity contribution in [3.63, 3.8) is 0 Å². The molecular formula is C19H20Cl2N2O3S. The normalized spacial score (nSPS) is 16.0. The molecule has 144 valence electrons. The molecule has 0 saturated carbocycles. The highest BCUT2D eigenvalue weighted by Crippen LogP contribution is 2.30. The molecule has 0 unspecified atom stereocenters. The number of nitrogens with one attached hydrogen (secondary N) is 1. The van der Waals surface area contributed by atoms with Crippen LogP contribution in [0.2, 0.25) is 10.0 Å². The molecule has 1 amide bonds. The minimum Gasteiger partial charge on any atom is -0.312 e. The van der Waals surface area contributed by atoms with Gasteiger partial charge in [-0.3, -0.25) is 4.79 Å². The quantitative estimate of drug-likeness (QED) is 0.736. The number of rotatable bonds is 6. The molecule has 1 aliphatic heterocycles. The lowest BCUT2D eigenvalue weighted by atomic mass is 10.1. The molecule has 5 nitrogen and oxygen atoms in total. The number of halogens is 2. The number of sulfonamides is 1. The minimum atomic E-state index is -3.76. The Morgan fingerprint density at radius 3 is 2.44 bits per heavy atom. The Morgan fingerprint density at radius 1 is 1.15 bits per heavy atom. The standard InChI is InChI=1S/C19H20Cl2N2O3S/c1-2-18(16-12-13(20)5-10-17(16)21)22-27(25,26)15-8-6-14(7-9-15)23-11-3-4-19(23)24/h5-10,12,18,22H,2-4,11H2,1H3/t18-/m1/s1. The second-order valence-electron chi connectivity index (χ2n) is 6.39. The zero-order valence-corrected chi connectivity index (χ0v) is 17.1. The molecule has 1 fully saturated rings. The molecule has 1 N–H and O–H groups in total. The van der Waals surface area contributed by atoms with Gasteiger partial charge in [0.05, 0.1) is 4.90 Å². The summed E-state index contributed by atoms with van der Waals surface area (Å²) in [5.41, 5.74) is 1.34. The van der Waals surface area contributed by atoms with Crippen LogP contribution in [0.3, 0.4) is 0 Å². The lowest BCUT2D eigenvalue weighted by Gasteiger charge is -2.20. The maximum Gasteiger partial charge on any atom is 0.241 e. The monoisotopic (exact) mass is 426 g/mol. The highest BCUT2D eigenvalue weighted by atomic mass is 35.5. The number of amides is 1. The molecule has 0 bridgehead atoms. The molecule has 0 spiro atoms. The average molecular weight is 427 g/mol. The van der Waals surface area contributed by atoms with Gasteiger partial charge in [-0.15, -0.1) is 0 Å². The molecule has 1 heterocycles. The van der Waals surface area contributed by atoms with E-state index in [1.165, 1.54) is 12.1 Å². The lowest BCUT2D eigenvalue weighted by molar-refractivity contribution is -0.117. The number of anilines is 1. The van der Waals surface area contributed by atoms with E-state index >= 15 is 0 Å². The molecule has 1 saturated heterocycles. The van der Waals surface area contributed by atoms with Gasteiger partial charge in [-0.25, -0.2) is 13.1 Å². The van der Waals surface area contributed by atoms with Gasteiger partial charge < -0.3 is 4.90 Å². The minimum absolute atomic E-state index is 0.0605. The third-order valence-electron chi connectivity index (χ3n) is 4.57. The van der Waals surface area contributed by atoms with Crippen LogP contribution in [0.1, 0.15) is 37.8 Å². The molecule has 1 aliphatic rings. The van der Waals surface area contributed by atoms with Gasteiger partial charge in [-0.05, 0) is 60.9 Å². The maximum atomic E-state index is 12.8. The van der Waals surface area contributed by atoms with Crippen molar-refractivity contribution in [2.45, 2.75) is 37.1 Å². The number of hydrogen-bond acceptors (Lipinski definition) is 3. The first-order valence-electron chi connectivity index (χ1n) is 8.69. The summed E-state index contributed by atoms with van der Waals surface area (Å²) < 4.78 is 28.3. The van der Waals surface area contributed by atoms with Crippen molar-refractivity contribution >= 4 is 44.8 Å². The average Bonchev–Trinajstić information content (AvgIpc) is 3.08. The first-order chi connectivity index (χ1) is 12.8. The van der Waals surface area contributed by atoms with Gasteiger partial charge in [-0.1, -0.05) is 30.1 Å². The summed E-state index contributed by atoms with van der Waals surface area (Å²) in [4.78, 5) is 13.6. The summed E-state index contributed by atoms with van der Waals surface area (Å²) in [5.74, 6) is 0.0605. The molecule has 0 radical (unpaired) electrons. The largest absolute Gasteiger partial charge is 0.312 e. The first-order valence-corrected chi connectivity index (χ1v) is 10.9. The molecular weight excluding hydrogens is 407 g/mol. The van der Waals surface area contributed by atoms with Crippen molar-refractivity contribution in [2.75, 3.05) is 11.4 Å². The molecule has 1 atom stereocenters. The van der Waals surface area contributed by atoms with Gasteiger partial charge in [0.1, 0.15) is 0 Å². The summed E-state index contributed by atoms with van der Waals surface area (Å²) in [5, 5.41) is 0.948. The first kappa shape index (κ1) is 20.1. The summed E-state index contributed by atoms with van der Waals surface area (Å²) in [6.45, 7) is 2.53. The smallest absolute Gasteiger partial charge is 0.241 e. The zero-order chi connectivity index (χ0) is 19.6. The van der Waals surface area contributed by atoms with E-state index in [1.807, 2.05) is 6.92 Å². The number of carbonyl (C=O) groups excluding carboxylic acids is 1. The fraction of sp³-hybridized carbons (Fsp3) is 0.316. The van der Waals surface area contributed by atoms with Crippen LogP contribution in [0.15, 0.2) is 47.4 Å². The van der Waals surface area contributed by atoms with Crippen LogP contribution >= 0.6 is 23.2 Å². The van der Waals surface area contributed by atoms with Crippen LogP contribution in [0, 0.1) is 0 Å². The van der Waals surface area contributed by atoms with E-state index in [9.17, 15) is 13.2 Å². The third-order valence-corrected chi connectivity index (χ3v) is 6.64. The van der Waals surface area contributed by atoms with Gasteiger partial charge in [-0.2, -0.15) is 0 Å². The van der Waals surface area contributed by atoms with E-state index in [-0.39, 0.29) is 10.8 Å². The molecule has 0 aromatic heterocycles. The molecule has 8 heteroatoms. The van der Waals surface area contributed by atoms with E-state index in [0.29, 0.717) is 40.7 Å². The summed E-state index contributed by atoms with van der Waals surface area (Å²) >= 11 is 12.3. The van der Waals surface area contributed by atoms with Crippen molar-refractivity contribution in [3.05, 3.63) is 58.1 Å². The van der Waals surface area contributed by atoms with Crippen LogP contribution < -0.4 is 9.62 Å². The molecule has 27 heavy (non-hydrogen) atoms. The summed E-state index contributed by atoms with van der Waals surface area (Å²) in [6.07, 6.45) is 1.86.